The number of alkyl carbamates (subject to hydrolysis) is 1. The molecule has 1 atom stereocenters. The van der Waals surface area contributed by atoms with Gasteiger partial charge in [-0.2, -0.15) is 0 Å². The van der Waals surface area contributed by atoms with E-state index in [2.05, 4.69) is 5.32 Å². The number of carbonyl (C=O) groups is 2. The van der Waals surface area contributed by atoms with E-state index < -0.39 is 23.5 Å². The summed E-state index contributed by atoms with van der Waals surface area (Å²) in [6.07, 6.45) is -0.730. The highest BCUT2D eigenvalue weighted by molar-refractivity contribution is 5.80. The number of ether oxygens (including phenoxy) is 1. The third-order valence-electron chi connectivity index (χ3n) is 2.59. The highest BCUT2D eigenvalue weighted by Gasteiger charge is 2.33. The standard InChI is InChI=1S/C14H19NO4/c1-14(2,3)11(12(16)17)15-13(18)19-9-10-7-5-4-6-8-10/h4-8,11H,9H2,1-3H3,(H,15,18)(H,16,17). The minimum atomic E-state index is -1.08. The van der Waals surface area contributed by atoms with Crippen LogP contribution in [-0.2, 0) is 16.1 Å². The molecular formula is C14H19NO4. The van der Waals surface area contributed by atoms with Crippen molar-refractivity contribution in [3.8, 4) is 0 Å². The average molecular weight is 265 g/mol. The second-order valence-corrected chi connectivity index (χ2v) is 5.34. The molecule has 0 radical (unpaired) electrons. The van der Waals surface area contributed by atoms with Gasteiger partial charge in [-0.15, -0.1) is 0 Å². The first-order valence-electron chi connectivity index (χ1n) is 6.00. The summed E-state index contributed by atoms with van der Waals surface area (Å²) in [6, 6.07) is 8.20. The Bertz CT molecular complexity index is 437. The lowest BCUT2D eigenvalue weighted by atomic mass is 9.87. The molecule has 0 aromatic heterocycles. The predicted molar refractivity (Wildman–Crippen MR) is 70.6 cm³/mol. The van der Waals surface area contributed by atoms with Crippen LogP contribution in [0.4, 0.5) is 4.79 Å². The second kappa shape index (κ2) is 6.22. The van der Waals surface area contributed by atoms with Gasteiger partial charge in [-0.25, -0.2) is 9.59 Å². The van der Waals surface area contributed by atoms with Crippen LogP contribution < -0.4 is 5.32 Å². The number of carboxylic acid groups (broad SMARTS) is 1. The first kappa shape index (κ1) is 15.0. The van der Waals surface area contributed by atoms with Crippen LogP contribution in [0.1, 0.15) is 26.3 Å². The molecule has 5 heteroatoms. The second-order valence-electron chi connectivity index (χ2n) is 5.34. The van der Waals surface area contributed by atoms with Gasteiger partial charge in [-0.1, -0.05) is 51.1 Å². The van der Waals surface area contributed by atoms with Crippen LogP contribution in [-0.4, -0.2) is 23.2 Å². The molecule has 104 valence electrons. The van der Waals surface area contributed by atoms with Gasteiger partial charge in [-0.05, 0) is 11.0 Å². The summed E-state index contributed by atoms with van der Waals surface area (Å²) in [5.74, 6) is -1.08. The van der Waals surface area contributed by atoms with Gasteiger partial charge < -0.3 is 15.2 Å². The Morgan fingerprint density at radius 3 is 2.32 bits per heavy atom. The predicted octanol–water partition coefficient (Wildman–Crippen LogP) is 2.41. The SMILES string of the molecule is CC(C)(C)C(NC(=O)OCc1ccccc1)C(=O)O. The third-order valence-corrected chi connectivity index (χ3v) is 2.59. The summed E-state index contributed by atoms with van der Waals surface area (Å²) >= 11 is 0. The lowest BCUT2D eigenvalue weighted by molar-refractivity contribution is -0.142. The molecule has 1 unspecified atom stereocenters. The molecule has 0 heterocycles. The molecule has 0 spiro atoms. The van der Waals surface area contributed by atoms with Crippen molar-refractivity contribution >= 4 is 12.1 Å². The Hall–Kier alpha value is -2.04. The van der Waals surface area contributed by atoms with Gasteiger partial charge in [0.05, 0.1) is 0 Å². The fourth-order valence-electron chi connectivity index (χ4n) is 1.53. The van der Waals surface area contributed by atoms with Gasteiger partial charge in [0.25, 0.3) is 0 Å². The van der Waals surface area contributed by atoms with Crippen molar-refractivity contribution in [1.82, 2.24) is 5.32 Å². The monoisotopic (exact) mass is 265 g/mol. The number of rotatable bonds is 4. The molecular weight excluding hydrogens is 246 g/mol. The molecule has 19 heavy (non-hydrogen) atoms. The Morgan fingerprint density at radius 1 is 1.26 bits per heavy atom. The maximum absolute atomic E-state index is 11.6. The first-order chi connectivity index (χ1) is 8.80. The van der Waals surface area contributed by atoms with Gasteiger partial charge in [0.15, 0.2) is 0 Å². The Labute approximate surface area is 112 Å². The van der Waals surface area contributed by atoms with E-state index in [-0.39, 0.29) is 6.61 Å². The van der Waals surface area contributed by atoms with Crippen LogP contribution >= 0.6 is 0 Å². The molecule has 0 aliphatic rings. The maximum atomic E-state index is 11.6. The van der Waals surface area contributed by atoms with Gasteiger partial charge >= 0.3 is 12.1 Å². The van der Waals surface area contributed by atoms with Crippen LogP contribution in [0.15, 0.2) is 30.3 Å². The summed E-state index contributed by atoms with van der Waals surface area (Å²) < 4.78 is 4.99. The van der Waals surface area contributed by atoms with Crippen LogP contribution in [0.2, 0.25) is 0 Å². The Kier molecular flexibility index (Phi) is 4.92. The van der Waals surface area contributed by atoms with Crippen LogP contribution in [0.25, 0.3) is 0 Å². The normalized spacial score (nSPS) is 12.6. The van der Waals surface area contributed by atoms with Crippen LogP contribution in [0, 0.1) is 5.41 Å². The van der Waals surface area contributed by atoms with E-state index in [0.717, 1.165) is 5.56 Å². The molecule has 1 amide bonds. The Balaban J connectivity index is 2.52. The lowest BCUT2D eigenvalue weighted by Crippen LogP contribution is -2.49. The number of nitrogens with one attached hydrogen (secondary N) is 1. The summed E-state index contributed by atoms with van der Waals surface area (Å²) in [7, 11) is 0. The van der Waals surface area contributed by atoms with E-state index in [9.17, 15) is 9.59 Å². The van der Waals surface area contributed by atoms with Crippen molar-refractivity contribution in [2.75, 3.05) is 0 Å². The third kappa shape index (κ3) is 4.99. The number of hydrogen-bond acceptors (Lipinski definition) is 3. The summed E-state index contributed by atoms with van der Waals surface area (Å²) in [5, 5.41) is 11.4. The fourth-order valence-corrected chi connectivity index (χ4v) is 1.53. The van der Waals surface area contributed by atoms with Crippen molar-refractivity contribution in [3.63, 3.8) is 0 Å². The minimum absolute atomic E-state index is 0.114. The molecule has 0 aliphatic carbocycles. The van der Waals surface area contributed by atoms with Crippen molar-refractivity contribution < 1.29 is 19.4 Å². The highest BCUT2D eigenvalue weighted by Crippen LogP contribution is 2.19. The number of aliphatic carboxylic acids is 1. The number of carbonyl (C=O) groups excluding carboxylic acids is 1. The molecule has 0 aliphatic heterocycles. The number of amides is 1. The van der Waals surface area contributed by atoms with E-state index in [0.29, 0.717) is 0 Å². The van der Waals surface area contributed by atoms with Crippen molar-refractivity contribution in [1.29, 1.82) is 0 Å². The maximum Gasteiger partial charge on any atom is 0.408 e. The topological polar surface area (TPSA) is 75.6 Å². The zero-order valence-corrected chi connectivity index (χ0v) is 11.3. The molecule has 2 N–H and O–H groups in total. The number of carboxylic acids is 1. The summed E-state index contributed by atoms with van der Waals surface area (Å²) in [6.45, 7) is 5.33. The lowest BCUT2D eigenvalue weighted by Gasteiger charge is -2.27. The molecule has 0 bridgehead atoms. The van der Waals surface area contributed by atoms with Gasteiger partial charge in [0.2, 0.25) is 0 Å². The largest absolute Gasteiger partial charge is 0.480 e. The summed E-state index contributed by atoms with van der Waals surface area (Å²) in [5.41, 5.74) is 0.262. The quantitative estimate of drug-likeness (QED) is 0.876. The molecule has 1 rings (SSSR count). The summed E-state index contributed by atoms with van der Waals surface area (Å²) in [4.78, 5) is 22.7. The van der Waals surface area contributed by atoms with Crippen molar-refractivity contribution in [2.45, 2.75) is 33.4 Å². The van der Waals surface area contributed by atoms with E-state index in [1.165, 1.54) is 0 Å². The molecule has 1 aromatic rings. The smallest absolute Gasteiger partial charge is 0.408 e. The Morgan fingerprint density at radius 2 is 1.84 bits per heavy atom. The van der Waals surface area contributed by atoms with Crippen LogP contribution in [0.3, 0.4) is 0 Å². The van der Waals surface area contributed by atoms with Crippen LogP contribution in [0.5, 0.6) is 0 Å². The number of benzene rings is 1. The zero-order chi connectivity index (χ0) is 14.5. The van der Waals surface area contributed by atoms with E-state index in [1.807, 2.05) is 30.3 Å². The molecule has 1 aromatic carbocycles. The van der Waals surface area contributed by atoms with E-state index >= 15 is 0 Å². The van der Waals surface area contributed by atoms with Gasteiger partial charge in [-0.3, -0.25) is 0 Å². The fraction of sp³-hybridized carbons (Fsp3) is 0.429. The zero-order valence-electron chi connectivity index (χ0n) is 11.3. The van der Waals surface area contributed by atoms with Gasteiger partial charge in [0, 0.05) is 0 Å². The molecule has 0 saturated heterocycles. The highest BCUT2D eigenvalue weighted by atomic mass is 16.5. The minimum Gasteiger partial charge on any atom is -0.480 e. The van der Waals surface area contributed by atoms with E-state index in [1.54, 1.807) is 20.8 Å². The number of hydrogen-bond donors (Lipinski definition) is 2. The molecule has 0 saturated carbocycles. The first-order valence-corrected chi connectivity index (χ1v) is 6.00. The van der Waals surface area contributed by atoms with Gasteiger partial charge in [0.1, 0.15) is 12.6 Å². The van der Waals surface area contributed by atoms with Crippen molar-refractivity contribution in [2.24, 2.45) is 5.41 Å². The van der Waals surface area contributed by atoms with Crippen molar-refractivity contribution in [3.05, 3.63) is 35.9 Å². The van der Waals surface area contributed by atoms with E-state index in [4.69, 9.17) is 9.84 Å². The average Bonchev–Trinajstić information content (AvgIpc) is 2.33. The molecule has 5 nitrogen and oxygen atoms in total. The molecule has 0 fully saturated rings.